The smallest absolute Gasteiger partial charge is 0.338 e. The predicted molar refractivity (Wildman–Crippen MR) is 160 cm³/mol. The number of allylic oxidation sites excluding steroid dienone is 2. The van der Waals surface area contributed by atoms with Crippen molar-refractivity contribution in [1.29, 1.82) is 0 Å². The minimum Gasteiger partial charge on any atom is -0.465 e. The summed E-state index contributed by atoms with van der Waals surface area (Å²) in [6.07, 6.45) is 0.293. The van der Waals surface area contributed by atoms with Gasteiger partial charge in [0.15, 0.2) is 5.78 Å². The fourth-order valence-corrected chi connectivity index (χ4v) is 6.80. The van der Waals surface area contributed by atoms with Crippen molar-refractivity contribution in [2.24, 2.45) is 11.7 Å². The van der Waals surface area contributed by atoms with Gasteiger partial charge < -0.3 is 15.2 Å². The van der Waals surface area contributed by atoms with E-state index in [4.69, 9.17) is 38.4 Å². The molecule has 2 heterocycles. The first kappa shape index (κ1) is 28.9. The van der Waals surface area contributed by atoms with Gasteiger partial charge in [-0.15, -0.1) is 11.3 Å². The maximum Gasteiger partial charge on any atom is 0.338 e. The van der Waals surface area contributed by atoms with Crippen molar-refractivity contribution in [2.75, 3.05) is 18.1 Å². The number of Topliss-reactive ketones (excluding diaryl/α,β-unsaturated/α-hetero) is 1. The average Bonchev–Trinajstić information content (AvgIpc) is 3.48. The van der Waals surface area contributed by atoms with Gasteiger partial charge in [0.2, 0.25) is 0 Å². The van der Waals surface area contributed by atoms with Crippen LogP contribution in [0.25, 0.3) is 0 Å². The molecule has 0 fully saturated rings. The zero-order valence-electron chi connectivity index (χ0n) is 22.4. The first-order valence-electron chi connectivity index (χ1n) is 13.2. The van der Waals surface area contributed by atoms with Crippen LogP contribution in [-0.4, -0.2) is 30.9 Å². The fraction of sp³-hybridized carbons (Fsp3) is 0.258. The summed E-state index contributed by atoms with van der Waals surface area (Å²) in [6, 6.07) is 17.7. The third-order valence-corrected chi connectivity index (χ3v) is 8.74. The van der Waals surface area contributed by atoms with Gasteiger partial charge in [0.05, 0.1) is 24.7 Å². The second-order valence-electron chi connectivity index (χ2n) is 9.60. The second-order valence-corrected chi connectivity index (χ2v) is 11.5. The number of nitrogens with two attached hydrogens (primary N) is 1. The van der Waals surface area contributed by atoms with Crippen LogP contribution < -0.4 is 10.6 Å². The van der Waals surface area contributed by atoms with Crippen molar-refractivity contribution < 1.29 is 23.9 Å². The van der Waals surface area contributed by atoms with E-state index >= 15 is 0 Å². The lowest BCUT2D eigenvalue weighted by Gasteiger charge is -2.43. The number of halogens is 2. The van der Waals surface area contributed by atoms with E-state index in [0.717, 1.165) is 4.88 Å². The van der Waals surface area contributed by atoms with Crippen LogP contribution in [0.15, 0.2) is 88.7 Å². The highest BCUT2D eigenvalue weighted by atomic mass is 35.5. The molecule has 0 saturated heterocycles. The average molecular weight is 612 g/mol. The Kier molecular flexibility index (Phi) is 8.54. The molecule has 1 aliphatic heterocycles. The van der Waals surface area contributed by atoms with Gasteiger partial charge in [-0.1, -0.05) is 41.4 Å². The van der Waals surface area contributed by atoms with E-state index in [1.54, 1.807) is 67.3 Å². The number of benzene rings is 2. The second kappa shape index (κ2) is 12.1. The van der Waals surface area contributed by atoms with Crippen molar-refractivity contribution in [3.63, 3.8) is 0 Å². The van der Waals surface area contributed by atoms with Crippen LogP contribution in [0.4, 0.5) is 5.69 Å². The SMILES string of the molecule is CCOC(=O)C1=C(N)N(c2ccc(Cl)cc2)C2=C(C(=O)[C@H](C(=O)OCC)[C@H](c3cccs3)C2)[C@@H]1c1cccc(Cl)c1. The molecule has 0 unspecified atom stereocenters. The molecule has 0 radical (unpaired) electrons. The molecule has 3 aromatic rings. The van der Waals surface area contributed by atoms with Gasteiger partial charge in [-0.2, -0.15) is 0 Å². The first-order chi connectivity index (χ1) is 19.8. The Labute approximate surface area is 252 Å². The van der Waals surface area contributed by atoms with E-state index in [1.807, 2.05) is 17.5 Å². The lowest BCUT2D eigenvalue weighted by Crippen LogP contribution is -2.46. The van der Waals surface area contributed by atoms with Gasteiger partial charge in [0.1, 0.15) is 11.7 Å². The minimum atomic E-state index is -1.11. The lowest BCUT2D eigenvalue weighted by atomic mass is 9.68. The molecule has 3 atom stereocenters. The summed E-state index contributed by atoms with van der Waals surface area (Å²) in [5.74, 6) is -4.09. The summed E-state index contributed by atoms with van der Waals surface area (Å²) < 4.78 is 10.9. The summed E-state index contributed by atoms with van der Waals surface area (Å²) in [5.41, 5.74) is 9.01. The monoisotopic (exact) mass is 610 g/mol. The maximum atomic E-state index is 14.7. The van der Waals surface area contributed by atoms with E-state index in [9.17, 15) is 14.4 Å². The molecule has 2 aliphatic rings. The number of hydrogen-bond donors (Lipinski definition) is 1. The molecule has 0 spiro atoms. The largest absolute Gasteiger partial charge is 0.465 e. The van der Waals surface area contributed by atoms with E-state index < -0.39 is 35.5 Å². The van der Waals surface area contributed by atoms with Gasteiger partial charge >= 0.3 is 11.9 Å². The number of hydrogen-bond acceptors (Lipinski definition) is 8. The topological polar surface area (TPSA) is 98.9 Å². The van der Waals surface area contributed by atoms with Crippen LogP contribution in [0, 0.1) is 5.92 Å². The summed E-state index contributed by atoms with van der Waals surface area (Å²) in [5, 5.41) is 2.85. The van der Waals surface area contributed by atoms with E-state index in [2.05, 4.69) is 0 Å². The summed E-state index contributed by atoms with van der Waals surface area (Å²) >= 11 is 14.1. The predicted octanol–water partition coefficient (Wildman–Crippen LogP) is 6.58. The zero-order valence-corrected chi connectivity index (χ0v) is 24.8. The van der Waals surface area contributed by atoms with Crippen molar-refractivity contribution in [1.82, 2.24) is 0 Å². The molecule has 212 valence electrons. The molecular formula is C31H28Cl2N2O5S. The molecule has 7 nitrogen and oxygen atoms in total. The standard InChI is InChI=1S/C31H28Cl2N2O5S/c1-3-39-30(37)25-21(23-9-6-14-41-23)16-22-26(28(25)36)24(17-7-5-8-19(33)15-17)27(31(38)40-4-2)29(34)35(22)20-12-10-18(32)11-13-20/h5-15,21,24-25H,3-4,16,34H2,1-2H3/t21-,24-,25+/m0/s1. The third kappa shape index (κ3) is 5.39. The van der Waals surface area contributed by atoms with Crippen molar-refractivity contribution in [2.45, 2.75) is 32.1 Å². The van der Waals surface area contributed by atoms with Crippen LogP contribution in [0.3, 0.4) is 0 Å². The molecule has 10 heteroatoms. The maximum absolute atomic E-state index is 14.7. The number of carbonyl (C=O) groups is 3. The van der Waals surface area contributed by atoms with Crippen molar-refractivity contribution in [3.8, 4) is 0 Å². The zero-order chi connectivity index (χ0) is 29.3. The Morgan fingerprint density at radius 2 is 1.73 bits per heavy atom. The highest BCUT2D eigenvalue weighted by Crippen LogP contribution is 2.52. The van der Waals surface area contributed by atoms with Crippen molar-refractivity contribution >= 4 is 57.9 Å². The van der Waals surface area contributed by atoms with E-state index in [0.29, 0.717) is 33.4 Å². The van der Waals surface area contributed by atoms with Gasteiger partial charge in [-0.25, -0.2) is 4.79 Å². The number of esters is 2. The molecule has 2 N–H and O–H groups in total. The van der Waals surface area contributed by atoms with Crippen LogP contribution in [-0.2, 0) is 23.9 Å². The number of carbonyl (C=O) groups excluding carboxylic acids is 3. The number of ketones is 1. The summed E-state index contributed by atoms with van der Waals surface area (Å²) in [4.78, 5) is 44.3. The van der Waals surface area contributed by atoms with Gasteiger partial charge in [-0.3, -0.25) is 14.5 Å². The number of rotatable bonds is 7. The Balaban J connectivity index is 1.82. The fourth-order valence-electron chi connectivity index (χ4n) is 5.61. The molecule has 0 bridgehead atoms. The minimum absolute atomic E-state index is 0.0911. The molecule has 5 rings (SSSR count). The first-order valence-corrected chi connectivity index (χ1v) is 14.9. The van der Waals surface area contributed by atoms with Crippen LogP contribution in [0.5, 0.6) is 0 Å². The molecular weight excluding hydrogens is 583 g/mol. The molecule has 0 amide bonds. The molecule has 1 aromatic heterocycles. The molecule has 1 aliphatic carbocycles. The lowest BCUT2D eigenvalue weighted by molar-refractivity contribution is -0.152. The Bertz CT molecular complexity index is 1550. The molecule has 0 saturated carbocycles. The normalized spacial score (nSPS) is 20.6. The summed E-state index contributed by atoms with van der Waals surface area (Å²) in [6.45, 7) is 3.63. The Hall–Kier alpha value is -3.59. The quantitative estimate of drug-likeness (QED) is 0.238. The highest BCUT2D eigenvalue weighted by Gasteiger charge is 2.51. The van der Waals surface area contributed by atoms with Crippen molar-refractivity contribution in [3.05, 3.63) is 109 Å². The van der Waals surface area contributed by atoms with E-state index in [1.165, 1.54) is 11.3 Å². The third-order valence-electron chi connectivity index (χ3n) is 7.25. The molecule has 2 aromatic carbocycles. The van der Waals surface area contributed by atoms with Gasteiger partial charge in [0.25, 0.3) is 0 Å². The van der Waals surface area contributed by atoms with Crippen LogP contribution in [0.2, 0.25) is 10.0 Å². The van der Waals surface area contributed by atoms with Gasteiger partial charge in [0, 0.05) is 37.8 Å². The Morgan fingerprint density at radius 3 is 2.37 bits per heavy atom. The van der Waals surface area contributed by atoms with Crippen LogP contribution >= 0.6 is 34.5 Å². The highest BCUT2D eigenvalue weighted by molar-refractivity contribution is 7.10. The molecule has 41 heavy (non-hydrogen) atoms. The number of thiophene rings is 1. The van der Waals surface area contributed by atoms with E-state index in [-0.39, 0.29) is 30.2 Å². The van der Waals surface area contributed by atoms with Crippen LogP contribution in [0.1, 0.15) is 42.5 Å². The van der Waals surface area contributed by atoms with Gasteiger partial charge in [-0.05, 0) is 73.7 Å². The Morgan fingerprint density at radius 1 is 1.00 bits per heavy atom. The number of nitrogens with zero attached hydrogens (tertiary/aromatic N) is 1. The number of anilines is 1. The number of ether oxygens (including phenoxy) is 2. The summed E-state index contributed by atoms with van der Waals surface area (Å²) in [7, 11) is 0.